The summed E-state index contributed by atoms with van der Waals surface area (Å²) < 4.78 is 7.01. The number of nitrogens with one attached hydrogen (secondary N) is 1. The molecule has 6 nitrogen and oxygen atoms in total. The molecule has 138 valence electrons. The molecule has 1 atom stereocenters. The molecular weight excluding hydrogens is 366 g/mol. The summed E-state index contributed by atoms with van der Waals surface area (Å²) in [5.74, 6) is -1.04. The van der Waals surface area contributed by atoms with Crippen LogP contribution in [-0.4, -0.2) is 27.8 Å². The summed E-state index contributed by atoms with van der Waals surface area (Å²) in [6.07, 6.45) is 0.735. The van der Waals surface area contributed by atoms with Gasteiger partial charge in [0, 0.05) is 11.9 Å². The average Bonchev–Trinajstić information content (AvgIpc) is 3.09. The first-order valence-corrected chi connectivity index (χ1v) is 8.71. The van der Waals surface area contributed by atoms with Gasteiger partial charge < -0.3 is 10.1 Å². The van der Waals surface area contributed by atoms with Gasteiger partial charge in [0.1, 0.15) is 0 Å². The average molecular weight is 384 g/mol. The summed E-state index contributed by atoms with van der Waals surface area (Å²) >= 11 is 6.01. The van der Waals surface area contributed by atoms with Gasteiger partial charge in [-0.05, 0) is 56.3 Å². The van der Waals surface area contributed by atoms with E-state index < -0.39 is 18.0 Å². The van der Waals surface area contributed by atoms with E-state index in [-0.39, 0.29) is 0 Å². The van der Waals surface area contributed by atoms with Crippen LogP contribution in [-0.2, 0) is 9.53 Å². The number of esters is 1. The summed E-state index contributed by atoms with van der Waals surface area (Å²) in [5.41, 5.74) is 2.63. The molecule has 0 spiro atoms. The van der Waals surface area contributed by atoms with Crippen molar-refractivity contribution in [1.29, 1.82) is 0 Å². The molecule has 0 unspecified atom stereocenters. The molecule has 0 aliphatic carbocycles. The fraction of sp³-hybridized carbons (Fsp3) is 0.150. The van der Waals surface area contributed by atoms with Gasteiger partial charge in [-0.3, -0.25) is 4.79 Å². The van der Waals surface area contributed by atoms with Crippen LogP contribution >= 0.6 is 11.6 Å². The third kappa shape index (κ3) is 4.35. The van der Waals surface area contributed by atoms with Crippen molar-refractivity contribution in [3.63, 3.8) is 0 Å². The highest BCUT2D eigenvalue weighted by Crippen LogP contribution is 2.21. The van der Waals surface area contributed by atoms with Gasteiger partial charge in [-0.25, -0.2) is 9.48 Å². The van der Waals surface area contributed by atoms with Gasteiger partial charge in [-0.1, -0.05) is 23.7 Å². The molecule has 1 N–H and O–H groups in total. The summed E-state index contributed by atoms with van der Waals surface area (Å²) in [7, 11) is 0. The van der Waals surface area contributed by atoms with E-state index in [1.54, 1.807) is 59.4 Å². The molecule has 3 aromatic rings. The molecule has 0 bridgehead atoms. The van der Waals surface area contributed by atoms with Crippen molar-refractivity contribution in [2.45, 2.75) is 20.0 Å². The van der Waals surface area contributed by atoms with Crippen LogP contribution in [0, 0.1) is 6.92 Å². The van der Waals surface area contributed by atoms with Crippen molar-refractivity contribution in [3.05, 3.63) is 77.1 Å². The number of hydrogen-bond acceptors (Lipinski definition) is 4. The summed E-state index contributed by atoms with van der Waals surface area (Å²) in [5, 5.41) is 7.27. The third-order valence-corrected chi connectivity index (χ3v) is 4.29. The van der Waals surface area contributed by atoms with Crippen molar-refractivity contribution in [2.24, 2.45) is 0 Å². The second kappa shape index (κ2) is 8.05. The van der Waals surface area contributed by atoms with Crippen molar-refractivity contribution in [1.82, 2.24) is 9.78 Å². The maximum atomic E-state index is 12.3. The number of anilines is 1. The molecule has 3 rings (SSSR count). The number of rotatable bonds is 5. The van der Waals surface area contributed by atoms with Crippen molar-refractivity contribution >= 4 is 29.2 Å². The smallest absolute Gasteiger partial charge is 0.338 e. The van der Waals surface area contributed by atoms with Gasteiger partial charge in [0.2, 0.25) is 0 Å². The molecule has 7 heteroatoms. The fourth-order valence-electron chi connectivity index (χ4n) is 2.46. The minimum Gasteiger partial charge on any atom is -0.449 e. The lowest BCUT2D eigenvalue weighted by atomic mass is 10.2. The lowest BCUT2D eigenvalue weighted by Gasteiger charge is -2.14. The maximum Gasteiger partial charge on any atom is 0.338 e. The Hall–Kier alpha value is -3.12. The number of benzene rings is 2. The van der Waals surface area contributed by atoms with Gasteiger partial charge >= 0.3 is 5.97 Å². The van der Waals surface area contributed by atoms with E-state index in [0.29, 0.717) is 16.3 Å². The van der Waals surface area contributed by atoms with Crippen LogP contribution in [0.5, 0.6) is 0 Å². The number of carbonyl (C=O) groups excluding carboxylic acids is 2. The number of hydrogen-bond donors (Lipinski definition) is 1. The fourth-order valence-corrected chi connectivity index (χ4v) is 2.64. The molecule has 0 saturated carbocycles. The highest BCUT2D eigenvalue weighted by molar-refractivity contribution is 6.33. The Bertz CT molecular complexity index is 967. The number of nitrogens with zero attached hydrogens (tertiary/aromatic N) is 2. The predicted octanol–water partition coefficient (Wildman–Crippen LogP) is 4.02. The monoisotopic (exact) mass is 383 g/mol. The molecular formula is C20H18ClN3O3. The minimum absolute atomic E-state index is 0.348. The Morgan fingerprint density at radius 2 is 1.81 bits per heavy atom. The van der Waals surface area contributed by atoms with Crippen molar-refractivity contribution < 1.29 is 14.3 Å². The third-order valence-electron chi connectivity index (χ3n) is 3.96. The van der Waals surface area contributed by atoms with E-state index in [0.717, 1.165) is 11.4 Å². The quantitative estimate of drug-likeness (QED) is 0.675. The van der Waals surface area contributed by atoms with E-state index in [9.17, 15) is 9.59 Å². The maximum absolute atomic E-state index is 12.3. The topological polar surface area (TPSA) is 73.2 Å². The van der Waals surface area contributed by atoms with Gasteiger partial charge in [-0.15, -0.1) is 0 Å². The van der Waals surface area contributed by atoms with Gasteiger partial charge in [0.25, 0.3) is 5.91 Å². The second-order valence-electron chi connectivity index (χ2n) is 5.95. The van der Waals surface area contributed by atoms with Gasteiger partial charge in [0.05, 0.1) is 22.0 Å². The van der Waals surface area contributed by atoms with E-state index >= 15 is 0 Å². The molecule has 0 saturated heterocycles. The first kappa shape index (κ1) is 18.7. The van der Waals surface area contributed by atoms with E-state index in [2.05, 4.69) is 10.4 Å². The van der Waals surface area contributed by atoms with Crippen LogP contribution in [0.15, 0.2) is 60.8 Å². The molecule has 1 amide bonds. The highest BCUT2D eigenvalue weighted by Gasteiger charge is 2.19. The lowest BCUT2D eigenvalue weighted by Crippen LogP contribution is -2.30. The Kier molecular flexibility index (Phi) is 5.57. The predicted molar refractivity (Wildman–Crippen MR) is 103 cm³/mol. The Morgan fingerprint density at radius 3 is 2.44 bits per heavy atom. The SMILES string of the molecule is Cc1ccnn1-c1ccc(C(=O)O[C@@H](C)C(=O)Nc2ccccc2Cl)cc1. The van der Waals surface area contributed by atoms with Crippen LogP contribution in [0.3, 0.4) is 0 Å². The minimum atomic E-state index is -0.971. The molecule has 0 fully saturated rings. The van der Waals surface area contributed by atoms with Crippen LogP contribution in [0.25, 0.3) is 5.69 Å². The van der Waals surface area contributed by atoms with Crippen molar-refractivity contribution in [2.75, 3.05) is 5.32 Å². The van der Waals surface area contributed by atoms with Gasteiger partial charge in [-0.2, -0.15) is 5.10 Å². The zero-order chi connectivity index (χ0) is 19.4. The molecule has 1 heterocycles. The Labute approximate surface area is 161 Å². The molecule has 0 aliphatic heterocycles. The number of aryl methyl sites for hydroxylation is 1. The first-order chi connectivity index (χ1) is 13.0. The van der Waals surface area contributed by atoms with E-state index in [1.807, 2.05) is 13.0 Å². The second-order valence-corrected chi connectivity index (χ2v) is 6.36. The van der Waals surface area contributed by atoms with Crippen molar-refractivity contribution in [3.8, 4) is 5.69 Å². The number of amides is 1. The highest BCUT2D eigenvalue weighted by atomic mass is 35.5. The number of halogens is 1. The summed E-state index contributed by atoms with van der Waals surface area (Å²) in [4.78, 5) is 24.5. The largest absolute Gasteiger partial charge is 0.449 e. The molecule has 0 radical (unpaired) electrons. The summed E-state index contributed by atoms with van der Waals surface area (Å²) in [6, 6.07) is 15.5. The number of aromatic nitrogens is 2. The number of para-hydroxylation sites is 1. The summed E-state index contributed by atoms with van der Waals surface area (Å²) in [6.45, 7) is 3.44. The van der Waals surface area contributed by atoms with Crippen LogP contribution in [0.2, 0.25) is 5.02 Å². The van der Waals surface area contributed by atoms with Crippen LogP contribution in [0.4, 0.5) is 5.69 Å². The van der Waals surface area contributed by atoms with E-state index in [1.165, 1.54) is 6.92 Å². The molecule has 1 aromatic heterocycles. The van der Waals surface area contributed by atoms with Crippen LogP contribution in [0.1, 0.15) is 23.0 Å². The molecule has 0 aliphatic rings. The Balaban J connectivity index is 1.63. The standard InChI is InChI=1S/C20H18ClN3O3/c1-13-11-12-22-24(13)16-9-7-15(8-10-16)20(26)27-14(2)19(25)23-18-6-4-3-5-17(18)21/h3-12,14H,1-2H3,(H,23,25)/t14-/m0/s1. The molecule has 27 heavy (non-hydrogen) atoms. The van der Waals surface area contributed by atoms with Crippen LogP contribution < -0.4 is 5.32 Å². The van der Waals surface area contributed by atoms with Gasteiger partial charge in [0.15, 0.2) is 6.10 Å². The molecule has 2 aromatic carbocycles. The lowest BCUT2D eigenvalue weighted by molar-refractivity contribution is -0.123. The number of ether oxygens (including phenoxy) is 1. The zero-order valence-electron chi connectivity index (χ0n) is 14.8. The first-order valence-electron chi connectivity index (χ1n) is 8.33. The van der Waals surface area contributed by atoms with E-state index in [4.69, 9.17) is 16.3 Å². The normalized spacial score (nSPS) is 11.7. The number of carbonyl (C=O) groups is 2. The zero-order valence-corrected chi connectivity index (χ0v) is 15.6. The Morgan fingerprint density at radius 1 is 1.11 bits per heavy atom.